The van der Waals surface area contributed by atoms with Crippen LogP contribution in [0, 0.1) is 5.92 Å². The van der Waals surface area contributed by atoms with Crippen LogP contribution in [0.3, 0.4) is 0 Å². The number of amides is 2. The fourth-order valence-corrected chi connectivity index (χ4v) is 3.06. The van der Waals surface area contributed by atoms with Crippen LogP contribution in [0.15, 0.2) is 17.5 Å². The first kappa shape index (κ1) is 13.9. The second-order valence-electron chi connectivity index (χ2n) is 4.84. The number of hydrogen-bond acceptors (Lipinski definition) is 3. The second kappa shape index (κ2) is 6.06. The largest absolute Gasteiger partial charge is 0.481 e. The van der Waals surface area contributed by atoms with Gasteiger partial charge in [0.05, 0.1) is 12.5 Å². The lowest BCUT2D eigenvalue weighted by molar-refractivity contribution is -0.143. The number of likely N-dealkylation sites (tertiary alicyclic amines) is 1. The number of hydrogen-bond donors (Lipinski definition) is 1. The molecule has 1 fully saturated rings. The van der Waals surface area contributed by atoms with Crippen molar-refractivity contribution < 1.29 is 14.7 Å². The van der Waals surface area contributed by atoms with Crippen molar-refractivity contribution in [2.24, 2.45) is 5.92 Å². The van der Waals surface area contributed by atoms with Gasteiger partial charge in [-0.05, 0) is 24.3 Å². The highest BCUT2D eigenvalue weighted by Crippen LogP contribution is 2.19. The summed E-state index contributed by atoms with van der Waals surface area (Å²) < 4.78 is 0. The summed E-state index contributed by atoms with van der Waals surface area (Å²) >= 11 is 1.61. The molecule has 5 nitrogen and oxygen atoms in total. The van der Waals surface area contributed by atoms with Gasteiger partial charge in [-0.15, -0.1) is 11.3 Å². The second-order valence-corrected chi connectivity index (χ2v) is 5.87. The summed E-state index contributed by atoms with van der Waals surface area (Å²) in [5.41, 5.74) is 0. The van der Waals surface area contributed by atoms with Crippen LogP contribution in [0.5, 0.6) is 0 Å². The molecule has 6 heteroatoms. The lowest BCUT2D eigenvalue weighted by Crippen LogP contribution is -2.47. The first-order valence-electron chi connectivity index (χ1n) is 6.33. The molecule has 1 aliphatic rings. The molecule has 2 heterocycles. The number of nitrogens with zero attached hydrogens (tertiary/aromatic N) is 2. The lowest BCUT2D eigenvalue weighted by atomic mass is 9.99. The Morgan fingerprint density at radius 1 is 1.58 bits per heavy atom. The maximum atomic E-state index is 12.3. The van der Waals surface area contributed by atoms with Gasteiger partial charge in [0.2, 0.25) is 0 Å². The summed E-state index contributed by atoms with van der Waals surface area (Å²) in [5.74, 6) is -1.23. The number of aliphatic carboxylic acids is 1. The minimum atomic E-state index is -0.807. The zero-order chi connectivity index (χ0) is 13.8. The number of piperidine rings is 1. The predicted octanol–water partition coefficient (Wildman–Crippen LogP) is 2.10. The fourth-order valence-electron chi connectivity index (χ4n) is 2.30. The van der Waals surface area contributed by atoms with Crippen molar-refractivity contribution >= 4 is 23.3 Å². The molecule has 1 aromatic rings. The lowest BCUT2D eigenvalue weighted by Gasteiger charge is -2.33. The van der Waals surface area contributed by atoms with Crippen molar-refractivity contribution in [3.05, 3.63) is 22.4 Å². The highest BCUT2D eigenvalue weighted by atomic mass is 32.1. The smallest absolute Gasteiger partial charge is 0.320 e. The van der Waals surface area contributed by atoms with Crippen molar-refractivity contribution in [1.82, 2.24) is 9.80 Å². The minimum Gasteiger partial charge on any atom is -0.481 e. The van der Waals surface area contributed by atoms with E-state index < -0.39 is 11.9 Å². The molecule has 0 radical (unpaired) electrons. The molecule has 0 saturated carbocycles. The SMILES string of the molecule is CN(Cc1cccs1)C(=O)N1CCCC(C(=O)O)C1. The predicted molar refractivity (Wildman–Crippen MR) is 73.1 cm³/mol. The molecule has 1 saturated heterocycles. The molecule has 2 rings (SSSR count). The Morgan fingerprint density at radius 3 is 3.00 bits per heavy atom. The van der Waals surface area contributed by atoms with Crippen LogP contribution >= 0.6 is 11.3 Å². The van der Waals surface area contributed by atoms with Crippen molar-refractivity contribution in [2.45, 2.75) is 19.4 Å². The van der Waals surface area contributed by atoms with E-state index in [0.29, 0.717) is 26.1 Å². The normalized spacial score (nSPS) is 19.2. The maximum Gasteiger partial charge on any atom is 0.320 e. The van der Waals surface area contributed by atoms with Crippen LogP contribution < -0.4 is 0 Å². The Hall–Kier alpha value is -1.56. The molecule has 1 aliphatic heterocycles. The standard InChI is InChI=1S/C13H18N2O3S/c1-14(9-11-5-3-7-19-11)13(18)15-6-2-4-10(8-15)12(16)17/h3,5,7,10H,2,4,6,8-9H2,1H3,(H,16,17). The Balaban J connectivity index is 1.93. The molecule has 2 amide bonds. The molecular formula is C13H18N2O3S. The summed E-state index contributed by atoms with van der Waals surface area (Å²) in [4.78, 5) is 27.7. The van der Waals surface area contributed by atoms with Gasteiger partial charge in [-0.1, -0.05) is 6.07 Å². The third-order valence-corrected chi connectivity index (χ3v) is 4.20. The Morgan fingerprint density at radius 2 is 2.37 bits per heavy atom. The number of carboxylic acids is 1. The van der Waals surface area contributed by atoms with E-state index in [4.69, 9.17) is 5.11 Å². The van der Waals surface area contributed by atoms with Gasteiger partial charge < -0.3 is 14.9 Å². The van der Waals surface area contributed by atoms with Crippen LogP contribution in [0.2, 0.25) is 0 Å². The van der Waals surface area contributed by atoms with Crippen LogP contribution in [0.1, 0.15) is 17.7 Å². The van der Waals surface area contributed by atoms with Gasteiger partial charge >= 0.3 is 12.0 Å². The Labute approximate surface area is 116 Å². The molecular weight excluding hydrogens is 264 g/mol. The first-order valence-corrected chi connectivity index (χ1v) is 7.21. The minimum absolute atomic E-state index is 0.0839. The van der Waals surface area contributed by atoms with Gasteiger partial charge in [0.25, 0.3) is 0 Å². The molecule has 0 aromatic carbocycles. The van der Waals surface area contributed by atoms with Gasteiger partial charge in [-0.2, -0.15) is 0 Å². The molecule has 0 spiro atoms. The summed E-state index contributed by atoms with van der Waals surface area (Å²) in [5, 5.41) is 11.0. The van der Waals surface area contributed by atoms with Crippen LogP contribution in [0.25, 0.3) is 0 Å². The van der Waals surface area contributed by atoms with Gasteiger partial charge in [0.15, 0.2) is 0 Å². The number of rotatable bonds is 3. The number of thiophene rings is 1. The fraction of sp³-hybridized carbons (Fsp3) is 0.538. The average molecular weight is 282 g/mol. The van der Waals surface area contributed by atoms with E-state index >= 15 is 0 Å². The highest BCUT2D eigenvalue weighted by molar-refractivity contribution is 7.09. The van der Waals surface area contributed by atoms with E-state index in [-0.39, 0.29) is 6.03 Å². The quantitative estimate of drug-likeness (QED) is 0.923. The molecule has 0 aliphatic carbocycles. The number of carbonyl (C=O) groups excluding carboxylic acids is 1. The molecule has 1 aromatic heterocycles. The van der Waals surface area contributed by atoms with Crippen molar-refractivity contribution in [1.29, 1.82) is 0 Å². The molecule has 1 atom stereocenters. The topological polar surface area (TPSA) is 60.9 Å². The summed E-state index contributed by atoms with van der Waals surface area (Å²) in [6, 6.07) is 3.86. The number of carboxylic acid groups (broad SMARTS) is 1. The van der Waals surface area contributed by atoms with Crippen molar-refractivity contribution in [2.75, 3.05) is 20.1 Å². The van der Waals surface area contributed by atoms with Gasteiger partial charge in [0, 0.05) is 25.0 Å². The zero-order valence-electron chi connectivity index (χ0n) is 10.9. The van der Waals surface area contributed by atoms with E-state index in [1.54, 1.807) is 28.2 Å². The Kier molecular flexibility index (Phi) is 4.42. The third-order valence-electron chi connectivity index (χ3n) is 3.34. The van der Waals surface area contributed by atoms with Crippen molar-refractivity contribution in [3.8, 4) is 0 Å². The molecule has 19 heavy (non-hydrogen) atoms. The van der Waals surface area contributed by atoms with Crippen LogP contribution in [-0.4, -0.2) is 47.0 Å². The van der Waals surface area contributed by atoms with E-state index in [1.165, 1.54) is 0 Å². The highest BCUT2D eigenvalue weighted by Gasteiger charge is 2.29. The Bertz CT molecular complexity index is 447. The third kappa shape index (κ3) is 3.47. The number of carbonyl (C=O) groups is 2. The van der Waals surface area contributed by atoms with E-state index in [1.807, 2.05) is 17.5 Å². The average Bonchev–Trinajstić information content (AvgIpc) is 2.90. The van der Waals surface area contributed by atoms with Gasteiger partial charge in [-0.25, -0.2) is 4.79 Å². The monoisotopic (exact) mass is 282 g/mol. The van der Waals surface area contributed by atoms with Crippen molar-refractivity contribution in [3.63, 3.8) is 0 Å². The molecule has 104 valence electrons. The summed E-state index contributed by atoms with van der Waals surface area (Å²) in [6.07, 6.45) is 1.42. The molecule has 1 N–H and O–H groups in total. The molecule has 1 unspecified atom stereocenters. The number of urea groups is 1. The maximum absolute atomic E-state index is 12.3. The van der Waals surface area contributed by atoms with Gasteiger partial charge in [-0.3, -0.25) is 4.79 Å². The van der Waals surface area contributed by atoms with Crippen LogP contribution in [0.4, 0.5) is 4.79 Å². The zero-order valence-corrected chi connectivity index (χ0v) is 11.7. The molecule has 0 bridgehead atoms. The van der Waals surface area contributed by atoms with Crippen LogP contribution in [-0.2, 0) is 11.3 Å². The summed E-state index contributed by atoms with van der Waals surface area (Å²) in [7, 11) is 1.76. The van der Waals surface area contributed by atoms with Gasteiger partial charge in [0.1, 0.15) is 0 Å². The van der Waals surface area contributed by atoms with E-state index in [9.17, 15) is 9.59 Å². The van der Waals surface area contributed by atoms with E-state index in [2.05, 4.69) is 0 Å². The first-order chi connectivity index (χ1) is 9.08. The van der Waals surface area contributed by atoms with E-state index in [0.717, 1.165) is 11.3 Å². The summed E-state index contributed by atoms with van der Waals surface area (Å²) in [6.45, 7) is 1.55.